The molecule has 3 rings (SSSR count). The van der Waals surface area contributed by atoms with E-state index >= 15 is 0 Å². The van der Waals surface area contributed by atoms with Gasteiger partial charge in [-0.1, -0.05) is 43.0 Å². The summed E-state index contributed by atoms with van der Waals surface area (Å²) in [4.78, 5) is 50.4. The van der Waals surface area contributed by atoms with Gasteiger partial charge < -0.3 is 24.8 Å². The standard InChI is InChI=1S/C22H26N4O7/c1-3-9-31-21(29)23-11-17-16(24-22(30)32-13-15-7-5-4-6-8-15)10-18(33-17)26-12-14(2)19(27)25-20(26)28/h3-8,12,16-18H,1,9-11,13H2,2H3,(H,23,29)(H,24,30)(H,25,27,28)/t16-,17+,18+/m0/s1. The van der Waals surface area contributed by atoms with Crippen LogP contribution < -0.4 is 21.9 Å². The van der Waals surface area contributed by atoms with Crippen LogP contribution in [0.5, 0.6) is 0 Å². The number of rotatable bonds is 8. The molecule has 3 atom stereocenters. The maximum atomic E-state index is 12.4. The van der Waals surface area contributed by atoms with Crippen molar-refractivity contribution in [1.29, 1.82) is 0 Å². The number of carbonyl (C=O) groups excluding carboxylic acids is 2. The molecule has 2 heterocycles. The largest absolute Gasteiger partial charge is 0.445 e. The van der Waals surface area contributed by atoms with Gasteiger partial charge in [0.1, 0.15) is 19.4 Å². The summed E-state index contributed by atoms with van der Waals surface area (Å²) >= 11 is 0. The molecule has 3 N–H and O–H groups in total. The minimum Gasteiger partial charge on any atom is -0.445 e. The molecule has 0 saturated carbocycles. The average Bonchev–Trinajstić information content (AvgIpc) is 3.20. The van der Waals surface area contributed by atoms with Crippen molar-refractivity contribution in [3.8, 4) is 0 Å². The zero-order valence-electron chi connectivity index (χ0n) is 18.1. The number of H-pyrrole nitrogens is 1. The van der Waals surface area contributed by atoms with Gasteiger partial charge in [0, 0.05) is 24.7 Å². The molecule has 1 aromatic heterocycles. The van der Waals surface area contributed by atoms with Crippen molar-refractivity contribution in [3.05, 3.63) is 81.1 Å². The van der Waals surface area contributed by atoms with Crippen LogP contribution in [0.2, 0.25) is 0 Å². The van der Waals surface area contributed by atoms with Crippen molar-refractivity contribution in [3.63, 3.8) is 0 Å². The van der Waals surface area contributed by atoms with Crippen molar-refractivity contribution in [2.45, 2.75) is 38.3 Å². The molecular weight excluding hydrogens is 432 g/mol. The zero-order valence-corrected chi connectivity index (χ0v) is 18.1. The Kier molecular flexibility index (Phi) is 8.03. The second-order valence-electron chi connectivity index (χ2n) is 7.42. The van der Waals surface area contributed by atoms with E-state index in [0.29, 0.717) is 5.56 Å². The van der Waals surface area contributed by atoms with E-state index in [1.165, 1.54) is 16.8 Å². The Morgan fingerprint density at radius 3 is 2.73 bits per heavy atom. The number of aromatic nitrogens is 2. The lowest BCUT2D eigenvalue weighted by atomic mass is 10.1. The van der Waals surface area contributed by atoms with Gasteiger partial charge in [0.05, 0.1) is 12.1 Å². The summed E-state index contributed by atoms with van der Waals surface area (Å²) in [5.74, 6) is 0. The summed E-state index contributed by atoms with van der Waals surface area (Å²) in [6.45, 7) is 5.17. The Labute approximate surface area is 189 Å². The first-order valence-corrected chi connectivity index (χ1v) is 10.3. The predicted molar refractivity (Wildman–Crippen MR) is 118 cm³/mol. The summed E-state index contributed by atoms with van der Waals surface area (Å²) in [6, 6.07) is 8.60. The summed E-state index contributed by atoms with van der Waals surface area (Å²) in [6.07, 6.45) is 0.226. The van der Waals surface area contributed by atoms with Crippen molar-refractivity contribution < 1.29 is 23.8 Å². The van der Waals surface area contributed by atoms with Gasteiger partial charge in [-0.15, -0.1) is 0 Å². The molecule has 2 aromatic rings. The van der Waals surface area contributed by atoms with Gasteiger partial charge in [0.25, 0.3) is 5.56 Å². The van der Waals surface area contributed by atoms with Crippen molar-refractivity contribution >= 4 is 12.2 Å². The minimum absolute atomic E-state index is 0.00714. The first-order valence-electron chi connectivity index (χ1n) is 10.3. The van der Waals surface area contributed by atoms with Gasteiger partial charge >= 0.3 is 17.9 Å². The van der Waals surface area contributed by atoms with Gasteiger partial charge in [0.15, 0.2) is 0 Å². The van der Waals surface area contributed by atoms with Crippen LogP contribution in [0.4, 0.5) is 9.59 Å². The molecule has 0 unspecified atom stereocenters. The van der Waals surface area contributed by atoms with E-state index < -0.39 is 41.8 Å². The van der Waals surface area contributed by atoms with Crippen LogP contribution in [0.3, 0.4) is 0 Å². The summed E-state index contributed by atoms with van der Waals surface area (Å²) in [5.41, 5.74) is 0.0304. The first kappa shape index (κ1) is 23.8. The van der Waals surface area contributed by atoms with E-state index in [0.717, 1.165) is 5.56 Å². The topological polar surface area (TPSA) is 141 Å². The quantitative estimate of drug-likeness (QED) is 0.507. The Bertz CT molecular complexity index is 1100. The maximum Gasteiger partial charge on any atom is 0.407 e. The fourth-order valence-corrected chi connectivity index (χ4v) is 3.33. The smallest absolute Gasteiger partial charge is 0.407 e. The van der Waals surface area contributed by atoms with Gasteiger partial charge in [-0.3, -0.25) is 14.3 Å². The lowest BCUT2D eigenvalue weighted by molar-refractivity contribution is -0.00383. The van der Waals surface area contributed by atoms with Gasteiger partial charge in [-0.25, -0.2) is 14.4 Å². The fraction of sp³-hybridized carbons (Fsp3) is 0.364. The van der Waals surface area contributed by atoms with E-state index in [-0.39, 0.29) is 26.2 Å². The molecule has 0 radical (unpaired) electrons. The highest BCUT2D eigenvalue weighted by Crippen LogP contribution is 2.27. The summed E-state index contributed by atoms with van der Waals surface area (Å²) in [5, 5.41) is 5.29. The minimum atomic E-state index is -0.775. The Hall–Kier alpha value is -3.86. The third kappa shape index (κ3) is 6.56. The normalized spacial score (nSPS) is 19.5. The van der Waals surface area contributed by atoms with E-state index in [2.05, 4.69) is 22.2 Å². The lowest BCUT2D eigenvalue weighted by Gasteiger charge is -2.20. The molecule has 0 aliphatic carbocycles. The number of amides is 2. The summed E-state index contributed by atoms with van der Waals surface area (Å²) < 4.78 is 17.3. The third-order valence-corrected chi connectivity index (χ3v) is 4.99. The molecular formula is C22H26N4O7. The Balaban J connectivity index is 1.68. The SMILES string of the molecule is C=CCOC(=O)NC[C@H]1O[C@@H](n2cc(C)c(=O)[nH]c2=O)C[C@@H]1NC(=O)OCc1ccccc1. The fourth-order valence-electron chi connectivity index (χ4n) is 3.33. The van der Waals surface area contributed by atoms with E-state index in [1.807, 2.05) is 30.3 Å². The molecule has 0 spiro atoms. The Morgan fingerprint density at radius 2 is 2.00 bits per heavy atom. The highest BCUT2D eigenvalue weighted by molar-refractivity contribution is 5.68. The van der Waals surface area contributed by atoms with Crippen molar-refractivity contribution in [2.75, 3.05) is 13.2 Å². The predicted octanol–water partition coefficient (Wildman–Crippen LogP) is 1.34. The molecule has 1 aliphatic rings. The second kappa shape index (κ2) is 11.1. The van der Waals surface area contributed by atoms with Crippen LogP contribution in [0.1, 0.15) is 23.8 Å². The number of alkyl carbamates (subject to hydrolysis) is 2. The highest BCUT2D eigenvalue weighted by atomic mass is 16.6. The van der Waals surface area contributed by atoms with E-state index in [1.54, 1.807) is 6.92 Å². The van der Waals surface area contributed by atoms with E-state index in [9.17, 15) is 19.2 Å². The number of nitrogens with zero attached hydrogens (tertiary/aromatic N) is 1. The van der Waals surface area contributed by atoms with Crippen LogP contribution in [-0.4, -0.2) is 47.0 Å². The number of hydrogen-bond donors (Lipinski definition) is 3. The van der Waals surface area contributed by atoms with Gasteiger partial charge in [-0.05, 0) is 12.5 Å². The maximum absolute atomic E-state index is 12.4. The lowest BCUT2D eigenvalue weighted by Crippen LogP contribution is -2.46. The van der Waals surface area contributed by atoms with Crippen LogP contribution in [-0.2, 0) is 20.8 Å². The zero-order chi connectivity index (χ0) is 23.8. The molecule has 2 amide bonds. The molecule has 0 bridgehead atoms. The van der Waals surface area contributed by atoms with Gasteiger partial charge in [-0.2, -0.15) is 0 Å². The van der Waals surface area contributed by atoms with Gasteiger partial charge in [0.2, 0.25) is 0 Å². The van der Waals surface area contributed by atoms with Crippen LogP contribution in [0, 0.1) is 6.92 Å². The number of benzene rings is 1. The molecule has 1 aromatic carbocycles. The molecule has 33 heavy (non-hydrogen) atoms. The van der Waals surface area contributed by atoms with E-state index in [4.69, 9.17) is 14.2 Å². The number of aromatic amines is 1. The molecule has 1 saturated heterocycles. The molecule has 11 heteroatoms. The number of ether oxygens (including phenoxy) is 3. The van der Waals surface area contributed by atoms with Crippen LogP contribution in [0.25, 0.3) is 0 Å². The first-order chi connectivity index (χ1) is 15.9. The monoisotopic (exact) mass is 458 g/mol. The molecule has 1 fully saturated rings. The van der Waals surface area contributed by atoms with Crippen LogP contribution >= 0.6 is 0 Å². The molecule has 11 nitrogen and oxygen atoms in total. The number of nitrogens with one attached hydrogen (secondary N) is 3. The van der Waals surface area contributed by atoms with Crippen molar-refractivity contribution in [1.82, 2.24) is 20.2 Å². The number of aryl methyl sites for hydroxylation is 1. The number of carbonyl (C=O) groups is 2. The average molecular weight is 458 g/mol. The molecule has 176 valence electrons. The van der Waals surface area contributed by atoms with Crippen molar-refractivity contribution in [2.24, 2.45) is 0 Å². The summed E-state index contributed by atoms with van der Waals surface area (Å²) in [7, 11) is 0. The highest BCUT2D eigenvalue weighted by Gasteiger charge is 2.38. The Morgan fingerprint density at radius 1 is 1.24 bits per heavy atom. The number of hydrogen-bond acceptors (Lipinski definition) is 7. The second-order valence-corrected chi connectivity index (χ2v) is 7.42. The third-order valence-electron chi connectivity index (χ3n) is 4.99. The van der Waals surface area contributed by atoms with Crippen LogP contribution in [0.15, 0.2) is 58.8 Å². The molecule has 1 aliphatic heterocycles.